The molecule has 0 radical (unpaired) electrons. The largest absolute Gasteiger partial charge is 0.497 e. The number of carbonyl (C=O) groups is 1. The SMILES string of the molecule is COc1cc(C(=O)O)cc(-c2ccc(OC)c(OC)c2)c1. The zero-order chi connectivity index (χ0) is 15.4. The molecule has 2 aromatic rings. The van der Waals surface area contributed by atoms with Gasteiger partial charge in [0.05, 0.1) is 26.9 Å². The molecule has 0 saturated carbocycles. The Balaban J connectivity index is 2.55. The molecule has 0 bridgehead atoms. The zero-order valence-electron chi connectivity index (χ0n) is 12.0. The van der Waals surface area contributed by atoms with Crippen molar-refractivity contribution in [2.75, 3.05) is 21.3 Å². The van der Waals surface area contributed by atoms with Gasteiger partial charge in [-0.05, 0) is 41.5 Å². The number of carboxylic acids is 1. The fourth-order valence-corrected chi connectivity index (χ4v) is 2.02. The van der Waals surface area contributed by atoms with Crippen LogP contribution in [-0.4, -0.2) is 32.4 Å². The molecule has 0 aliphatic carbocycles. The summed E-state index contributed by atoms with van der Waals surface area (Å²) in [5.74, 6) is 0.674. The topological polar surface area (TPSA) is 65.0 Å². The molecule has 0 fully saturated rings. The maximum atomic E-state index is 11.2. The number of hydrogen-bond donors (Lipinski definition) is 1. The van der Waals surface area contributed by atoms with E-state index >= 15 is 0 Å². The summed E-state index contributed by atoms with van der Waals surface area (Å²) in [6, 6.07) is 10.2. The van der Waals surface area contributed by atoms with E-state index in [4.69, 9.17) is 19.3 Å². The Morgan fingerprint density at radius 1 is 0.857 bits per heavy atom. The summed E-state index contributed by atoms with van der Waals surface area (Å²) in [6.45, 7) is 0. The molecule has 0 spiro atoms. The number of benzene rings is 2. The van der Waals surface area contributed by atoms with Crippen LogP contribution in [0.4, 0.5) is 0 Å². The van der Waals surface area contributed by atoms with Crippen LogP contribution in [0.5, 0.6) is 17.2 Å². The maximum Gasteiger partial charge on any atom is 0.335 e. The lowest BCUT2D eigenvalue weighted by molar-refractivity contribution is 0.0696. The van der Waals surface area contributed by atoms with Gasteiger partial charge in [-0.25, -0.2) is 4.79 Å². The van der Waals surface area contributed by atoms with Gasteiger partial charge in [0, 0.05) is 0 Å². The number of ether oxygens (including phenoxy) is 3. The lowest BCUT2D eigenvalue weighted by Gasteiger charge is -2.11. The molecule has 5 heteroatoms. The van der Waals surface area contributed by atoms with E-state index in [0.717, 1.165) is 11.1 Å². The van der Waals surface area contributed by atoms with Gasteiger partial charge in [-0.15, -0.1) is 0 Å². The highest BCUT2D eigenvalue weighted by molar-refractivity contribution is 5.90. The van der Waals surface area contributed by atoms with E-state index in [0.29, 0.717) is 17.2 Å². The molecular formula is C16H16O5. The zero-order valence-corrected chi connectivity index (χ0v) is 12.0. The molecule has 0 aromatic heterocycles. The molecule has 0 unspecified atom stereocenters. The Morgan fingerprint density at radius 3 is 2.14 bits per heavy atom. The molecule has 0 atom stereocenters. The quantitative estimate of drug-likeness (QED) is 0.916. The van der Waals surface area contributed by atoms with E-state index in [1.807, 2.05) is 6.07 Å². The summed E-state index contributed by atoms with van der Waals surface area (Å²) < 4.78 is 15.6. The van der Waals surface area contributed by atoms with Crippen molar-refractivity contribution in [2.45, 2.75) is 0 Å². The van der Waals surface area contributed by atoms with Crippen LogP contribution in [0.15, 0.2) is 36.4 Å². The molecule has 0 amide bonds. The van der Waals surface area contributed by atoms with E-state index in [1.54, 1.807) is 38.5 Å². The molecule has 2 aromatic carbocycles. The molecule has 2 rings (SSSR count). The van der Waals surface area contributed by atoms with E-state index in [1.165, 1.54) is 13.2 Å². The highest BCUT2D eigenvalue weighted by Gasteiger charge is 2.11. The van der Waals surface area contributed by atoms with Gasteiger partial charge in [0.15, 0.2) is 11.5 Å². The first kappa shape index (κ1) is 14.7. The van der Waals surface area contributed by atoms with E-state index in [2.05, 4.69) is 0 Å². The maximum absolute atomic E-state index is 11.2. The molecule has 0 aliphatic heterocycles. The second-order valence-corrected chi connectivity index (χ2v) is 4.33. The molecule has 5 nitrogen and oxygen atoms in total. The Kier molecular flexibility index (Phi) is 4.33. The van der Waals surface area contributed by atoms with Crippen molar-refractivity contribution < 1.29 is 24.1 Å². The Hall–Kier alpha value is -2.69. The first-order chi connectivity index (χ1) is 10.1. The Morgan fingerprint density at radius 2 is 1.57 bits per heavy atom. The Labute approximate surface area is 122 Å². The normalized spacial score (nSPS) is 10.0. The highest BCUT2D eigenvalue weighted by Crippen LogP contribution is 2.34. The minimum atomic E-state index is -1.00. The van der Waals surface area contributed by atoms with E-state index in [-0.39, 0.29) is 5.56 Å². The lowest BCUT2D eigenvalue weighted by atomic mass is 10.0. The van der Waals surface area contributed by atoms with Gasteiger partial charge in [-0.1, -0.05) is 6.07 Å². The van der Waals surface area contributed by atoms with Crippen LogP contribution in [0.25, 0.3) is 11.1 Å². The van der Waals surface area contributed by atoms with Crippen molar-refractivity contribution in [3.8, 4) is 28.4 Å². The summed E-state index contributed by atoms with van der Waals surface area (Å²) in [6.07, 6.45) is 0. The van der Waals surface area contributed by atoms with Crippen LogP contribution in [0.2, 0.25) is 0 Å². The third-order valence-electron chi connectivity index (χ3n) is 3.11. The number of aromatic carboxylic acids is 1. The number of rotatable bonds is 5. The van der Waals surface area contributed by atoms with Crippen molar-refractivity contribution in [3.05, 3.63) is 42.0 Å². The van der Waals surface area contributed by atoms with Crippen LogP contribution in [0.1, 0.15) is 10.4 Å². The minimum absolute atomic E-state index is 0.166. The second-order valence-electron chi connectivity index (χ2n) is 4.33. The minimum Gasteiger partial charge on any atom is -0.497 e. The van der Waals surface area contributed by atoms with Gasteiger partial charge >= 0.3 is 5.97 Å². The Bertz CT molecular complexity index is 664. The van der Waals surface area contributed by atoms with Gasteiger partial charge in [0.25, 0.3) is 0 Å². The molecule has 1 N–H and O–H groups in total. The summed E-state index contributed by atoms with van der Waals surface area (Å²) in [7, 11) is 4.61. The number of carboxylic acid groups (broad SMARTS) is 1. The van der Waals surface area contributed by atoms with E-state index < -0.39 is 5.97 Å². The third kappa shape index (κ3) is 3.08. The van der Waals surface area contributed by atoms with Crippen molar-refractivity contribution >= 4 is 5.97 Å². The van der Waals surface area contributed by atoms with Crippen LogP contribution < -0.4 is 14.2 Å². The molecular weight excluding hydrogens is 272 g/mol. The highest BCUT2D eigenvalue weighted by atomic mass is 16.5. The first-order valence-electron chi connectivity index (χ1n) is 6.23. The summed E-state index contributed by atoms with van der Waals surface area (Å²) in [5.41, 5.74) is 1.71. The molecule has 21 heavy (non-hydrogen) atoms. The summed E-state index contributed by atoms with van der Waals surface area (Å²) >= 11 is 0. The third-order valence-corrected chi connectivity index (χ3v) is 3.11. The predicted molar refractivity (Wildman–Crippen MR) is 78.5 cm³/mol. The fourth-order valence-electron chi connectivity index (χ4n) is 2.02. The van der Waals surface area contributed by atoms with Crippen molar-refractivity contribution in [3.63, 3.8) is 0 Å². The van der Waals surface area contributed by atoms with Crippen LogP contribution in [0, 0.1) is 0 Å². The van der Waals surface area contributed by atoms with Crippen molar-refractivity contribution in [1.29, 1.82) is 0 Å². The molecule has 0 aliphatic rings. The number of hydrogen-bond acceptors (Lipinski definition) is 4. The molecule has 0 saturated heterocycles. The smallest absolute Gasteiger partial charge is 0.335 e. The summed E-state index contributed by atoms with van der Waals surface area (Å²) in [4.78, 5) is 11.2. The monoisotopic (exact) mass is 288 g/mol. The van der Waals surface area contributed by atoms with Gasteiger partial charge in [0.2, 0.25) is 0 Å². The fraction of sp³-hybridized carbons (Fsp3) is 0.188. The van der Waals surface area contributed by atoms with Crippen LogP contribution in [0.3, 0.4) is 0 Å². The van der Waals surface area contributed by atoms with Gasteiger partial charge < -0.3 is 19.3 Å². The molecule has 0 heterocycles. The number of methoxy groups -OCH3 is 3. The van der Waals surface area contributed by atoms with Gasteiger partial charge in [-0.3, -0.25) is 0 Å². The van der Waals surface area contributed by atoms with E-state index in [9.17, 15) is 4.79 Å². The van der Waals surface area contributed by atoms with Crippen LogP contribution in [-0.2, 0) is 0 Å². The second kappa shape index (κ2) is 6.17. The van der Waals surface area contributed by atoms with Crippen molar-refractivity contribution in [1.82, 2.24) is 0 Å². The average molecular weight is 288 g/mol. The van der Waals surface area contributed by atoms with Gasteiger partial charge in [-0.2, -0.15) is 0 Å². The first-order valence-corrected chi connectivity index (χ1v) is 6.23. The summed E-state index contributed by atoms with van der Waals surface area (Å²) in [5, 5.41) is 9.16. The van der Waals surface area contributed by atoms with Crippen molar-refractivity contribution in [2.24, 2.45) is 0 Å². The molecule has 110 valence electrons. The average Bonchev–Trinajstić information content (AvgIpc) is 2.53. The van der Waals surface area contributed by atoms with Crippen LogP contribution >= 0.6 is 0 Å². The standard InChI is InChI=1S/C16H16O5/c1-19-13-7-11(6-12(8-13)16(17)18)10-4-5-14(20-2)15(9-10)21-3/h4-9H,1-3H3,(H,17,18). The van der Waals surface area contributed by atoms with Gasteiger partial charge in [0.1, 0.15) is 5.75 Å². The predicted octanol–water partition coefficient (Wildman–Crippen LogP) is 3.08. The lowest BCUT2D eigenvalue weighted by Crippen LogP contribution is -1.98.